The van der Waals surface area contributed by atoms with Crippen LogP contribution in [0.1, 0.15) is 52.0 Å². The number of aromatic nitrogens is 3. The minimum atomic E-state index is -0.430. The topological polar surface area (TPSA) is 87.3 Å². The standard InChI is InChI=1S/C26H29BrFIN6O2/c1-14(21-5-4-9-33(21)3)37-26-19-13-31-35(17-7-10-34(15(2)36)16(11-17)6-8-30)25(19)18-12-20(29)22(27)23(28)24(18)32-26/h12-14,16-17,21H,4-7,9-11H2,1-3H3/t14-,16+,17-,21-/m0/s1. The molecule has 1 aromatic carbocycles. The molecule has 196 valence electrons. The van der Waals surface area contributed by atoms with E-state index in [1.807, 2.05) is 17.7 Å². The van der Waals surface area contributed by atoms with Crippen molar-refractivity contribution in [2.24, 2.45) is 0 Å². The zero-order valence-electron chi connectivity index (χ0n) is 21.0. The van der Waals surface area contributed by atoms with Gasteiger partial charge in [0.05, 0.1) is 40.1 Å². The molecule has 5 rings (SSSR count). The number of amides is 1. The molecule has 0 saturated carbocycles. The van der Waals surface area contributed by atoms with Crippen molar-refractivity contribution in [3.05, 3.63) is 26.1 Å². The third-order valence-electron chi connectivity index (χ3n) is 7.81. The van der Waals surface area contributed by atoms with Gasteiger partial charge < -0.3 is 9.64 Å². The number of carbonyl (C=O) groups excluding carboxylic acids is 1. The first-order valence-electron chi connectivity index (χ1n) is 12.6. The molecule has 0 radical (unpaired) electrons. The van der Waals surface area contributed by atoms with Gasteiger partial charge in [-0.3, -0.25) is 14.4 Å². The van der Waals surface area contributed by atoms with Crippen LogP contribution in [0.3, 0.4) is 0 Å². The van der Waals surface area contributed by atoms with Gasteiger partial charge in [0.25, 0.3) is 0 Å². The minimum absolute atomic E-state index is 0.0262. The molecule has 0 bridgehead atoms. The summed E-state index contributed by atoms with van der Waals surface area (Å²) < 4.78 is 25.0. The average Bonchev–Trinajstić information content (AvgIpc) is 3.50. The van der Waals surface area contributed by atoms with Gasteiger partial charge in [0, 0.05) is 34.5 Å². The first kappa shape index (κ1) is 26.6. The lowest BCUT2D eigenvalue weighted by Gasteiger charge is -2.38. The lowest BCUT2D eigenvalue weighted by atomic mass is 9.95. The highest BCUT2D eigenvalue weighted by Crippen LogP contribution is 2.40. The summed E-state index contributed by atoms with van der Waals surface area (Å²) in [5.41, 5.74) is 1.01. The number of pyridine rings is 1. The molecule has 4 atom stereocenters. The maximum atomic E-state index is 15.6. The van der Waals surface area contributed by atoms with Crippen LogP contribution in [0.25, 0.3) is 21.8 Å². The predicted molar refractivity (Wildman–Crippen MR) is 151 cm³/mol. The molecule has 0 aliphatic carbocycles. The van der Waals surface area contributed by atoms with Crippen molar-refractivity contribution in [1.82, 2.24) is 24.6 Å². The Morgan fingerprint density at radius 3 is 2.84 bits per heavy atom. The molecule has 3 aromatic rings. The highest BCUT2D eigenvalue weighted by molar-refractivity contribution is 14.1. The van der Waals surface area contributed by atoms with Gasteiger partial charge in [-0.2, -0.15) is 10.4 Å². The Balaban J connectivity index is 1.63. The SMILES string of the molecule is CC(=O)N1CC[C@H](n2ncc3c(O[C@@H](C)[C@@H]4CCCN4C)nc4c(F)c(Br)c(I)cc4c32)C[C@H]1CC#N. The normalized spacial score (nSPS) is 23.5. The number of nitriles is 1. The second kappa shape index (κ2) is 10.6. The van der Waals surface area contributed by atoms with Crippen LogP contribution in [0.2, 0.25) is 0 Å². The van der Waals surface area contributed by atoms with E-state index in [1.54, 1.807) is 18.0 Å². The number of fused-ring (bicyclic) bond motifs is 3. The zero-order valence-corrected chi connectivity index (χ0v) is 24.8. The molecule has 0 N–H and O–H groups in total. The molecule has 0 unspecified atom stereocenters. The lowest BCUT2D eigenvalue weighted by molar-refractivity contribution is -0.132. The fourth-order valence-electron chi connectivity index (χ4n) is 5.94. The Morgan fingerprint density at radius 2 is 2.16 bits per heavy atom. The molecule has 2 saturated heterocycles. The minimum Gasteiger partial charge on any atom is -0.472 e. The molecular weight excluding hydrogens is 654 g/mol. The summed E-state index contributed by atoms with van der Waals surface area (Å²) in [6.45, 7) is 5.16. The summed E-state index contributed by atoms with van der Waals surface area (Å²) in [5.74, 6) is -0.0780. The number of piperidine rings is 1. The summed E-state index contributed by atoms with van der Waals surface area (Å²) in [6, 6.07) is 4.17. The van der Waals surface area contributed by atoms with Gasteiger partial charge in [-0.05, 0) is 90.8 Å². The molecule has 2 aromatic heterocycles. The van der Waals surface area contributed by atoms with Gasteiger partial charge in [0.2, 0.25) is 11.8 Å². The summed E-state index contributed by atoms with van der Waals surface area (Å²) >= 11 is 5.49. The smallest absolute Gasteiger partial charge is 0.225 e. The van der Waals surface area contributed by atoms with Gasteiger partial charge in [0.1, 0.15) is 11.6 Å². The molecule has 37 heavy (non-hydrogen) atoms. The summed E-state index contributed by atoms with van der Waals surface area (Å²) in [6.07, 6.45) is 5.35. The lowest BCUT2D eigenvalue weighted by Crippen LogP contribution is -2.45. The maximum absolute atomic E-state index is 15.6. The number of carbonyl (C=O) groups is 1. The average molecular weight is 683 g/mol. The van der Waals surface area contributed by atoms with Gasteiger partial charge in [-0.15, -0.1) is 0 Å². The molecule has 2 aliphatic heterocycles. The Labute approximate surface area is 237 Å². The third-order valence-corrected chi connectivity index (χ3v) is 10.2. The van der Waals surface area contributed by atoms with Crippen molar-refractivity contribution in [1.29, 1.82) is 5.26 Å². The van der Waals surface area contributed by atoms with Gasteiger partial charge >= 0.3 is 0 Å². The van der Waals surface area contributed by atoms with E-state index in [4.69, 9.17) is 9.84 Å². The fraction of sp³-hybridized carbons (Fsp3) is 0.538. The van der Waals surface area contributed by atoms with Crippen LogP contribution in [0, 0.1) is 20.7 Å². The Morgan fingerprint density at radius 1 is 1.38 bits per heavy atom. The maximum Gasteiger partial charge on any atom is 0.225 e. The zero-order chi connectivity index (χ0) is 26.4. The monoisotopic (exact) mass is 682 g/mol. The number of likely N-dealkylation sites (N-methyl/N-ethyl adjacent to an activating group) is 1. The molecule has 11 heteroatoms. The van der Waals surface area contributed by atoms with Crippen LogP contribution >= 0.6 is 38.5 Å². The quantitative estimate of drug-likeness (QED) is 0.264. The number of hydrogen-bond donors (Lipinski definition) is 0. The number of halogens is 3. The first-order chi connectivity index (χ1) is 17.7. The number of rotatable bonds is 5. The first-order valence-corrected chi connectivity index (χ1v) is 14.4. The van der Waals surface area contributed by atoms with E-state index in [1.165, 1.54) is 0 Å². The van der Waals surface area contributed by atoms with Crippen LogP contribution < -0.4 is 4.74 Å². The molecule has 2 fully saturated rings. The molecule has 2 aliphatic rings. The highest BCUT2D eigenvalue weighted by atomic mass is 127. The third kappa shape index (κ3) is 4.81. The number of likely N-dealkylation sites (tertiary alicyclic amines) is 2. The van der Waals surface area contributed by atoms with E-state index in [-0.39, 0.29) is 42.1 Å². The van der Waals surface area contributed by atoms with Crippen LogP contribution in [-0.4, -0.2) is 68.8 Å². The summed E-state index contributed by atoms with van der Waals surface area (Å²) in [5, 5.41) is 15.5. The Bertz CT molecular complexity index is 1410. The molecule has 8 nitrogen and oxygen atoms in total. The Hall–Kier alpha value is -2.04. The molecule has 0 spiro atoms. The number of nitrogens with zero attached hydrogens (tertiary/aromatic N) is 6. The second-order valence-corrected chi connectivity index (χ2v) is 12.0. The van der Waals surface area contributed by atoms with Crippen LogP contribution in [0.4, 0.5) is 4.39 Å². The number of hydrogen-bond acceptors (Lipinski definition) is 6. The second-order valence-electron chi connectivity index (χ2n) is 10.1. The van der Waals surface area contributed by atoms with E-state index < -0.39 is 5.82 Å². The van der Waals surface area contributed by atoms with Crippen LogP contribution in [0.5, 0.6) is 5.88 Å². The number of benzene rings is 1. The fourth-order valence-corrected chi connectivity index (χ4v) is 6.79. The van der Waals surface area contributed by atoms with Gasteiger partial charge in [-0.25, -0.2) is 9.37 Å². The van der Waals surface area contributed by atoms with Crippen molar-refractivity contribution in [3.8, 4) is 11.9 Å². The van der Waals surface area contributed by atoms with E-state index in [9.17, 15) is 10.1 Å². The molecule has 4 heterocycles. The molecule has 1 amide bonds. The van der Waals surface area contributed by atoms with Crippen molar-refractivity contribution >= 4 is 66.2 Å². The van der Waals surface area contributed by atoms with E-state index >= 15 is 4.39 Å². The number of ether oxygens (including phenoxy) is 1. The van der Waals surface area contributed by atoms with Gasteiger partial charge in [0.15, 0.2) is 5.82 Å². The van der Waals surface area contributed by atoms with Crippen molar-refractivity contribution in [2.75, 3.05) is 20.1 Å². The predicted octanol–water partition coefficient (Wildman–Crippen LogP) is 5.42. The molecular formula is C26H29BrFIN6O2. The largest absolute Gasteiger partial charge is 0.472 e. The van der Waals surface area contributed by atoms with Crippen LogP contribution in [-0.2, 0) is 4.79 Å². The van der Waals surface area contributed by atoms with E-state index in [0.29, 0.717) is 35.1 Å². The van der Waals surface area contributed by atoms with Crippen molar-refractivity contribution in [2.45, 2.75) is 70.2 Å². The van der Waals surface area contributed by atoms with Crippen LogP contribution in [0.15, 0.2) is 16.7 Å². The summed E-state index contributed by atoms with van der Waals surface area (Å²) in [4.78, 5) is 20.9. The van der Waals surface area contributed by atoms with Crippen molar-refractivity contribution < 1.29 is 13.9 Å². The van der Waals surface area contributed by atoms with E-state index in [2.05, 4.69) is 61.5 Å². The highest BCUT2D eigenvalue weighted by Gasteiger charge is 2.34. The van der Waals surface area contributed by atoms with Crippen molar-refractivity contribution in [3.63, 3.8) is 0 Å². The Kier molecular flexibility index (Phi) is 7.62. The van der Waals surface area contributed by atoms with Gasteiger partial charge in [-0.1, -0.05) is 0 Å². The van der Waals surface area contributed by atoms with E-state index in [0.717, 1.165) is 33.9 Å². The summed E-state index contributed by atoms with van der Waals surface area (Å²) in [7, 11) is 2.10.